The highest BCUT2D eigenvalue weighted by Gasteiger charge is 2.28. The molecule has 176 valence electrons. The molecule has 3 heterocycles. The van der Waals surface area contributed by atoms with Gasteiger partial charge in [-0.1, -0.05) is 6.92 Å². The average molecular weight is 490 g/mol. The molecule has 3 N–H and O–H groups in total. The highest BCUT2D eigenvalue weighted by molar-refractivity contribution is 7.89. The molecule has 1 fully saturated rings. The summed E-state index contributed by atoms with van der Waals surface area (Å²) in [5.41, 5.74) is 3.08. The highest BCUT2D eigenvalue weighted by atomic mass is 35.5. The number of fused-ring (bicyclic) bond motifs is 1. The second-order valence-corrected chi connectivity index (χ2v) is 9.68. The number of sulfonamides is 1. The predicted octanol–water partition coefficient (Wildman–Crippen LogP) is 4.16. The molecule has 1 unspecified atom stereocenters. The summed E-state index contributed by atoms with van der Waals surface area (Å²) >= 11 is 0. The van der Waals surface area contributed by atoms with Crippen molar-refractivity contribution in [2.24, 2.45) is 5.14 Å². The molecule has 0 saturated carbocycles. The lowest BCUT2D eigenvalue weighted by Crippen LogP contribution is -2.43. The number of halogens is 1. The van der Waals surface area contributed by atoms with Crippen molar-refractivity contribution in [3.8, 4) is 0 Å². The first-order valence-electron chi connectivity index (χ1n) is 10.7. The fourth-order valence-electron chi connectivity index (χ4n) is 4.19. The van der Waals surface area contributed by atoms with Crippen LogP contribution in [0.1, 0.15) is 48.7 Å². The Kier molecular flexibility index (Phi) is 7.56. The van der Waals surface area contributed by atoms with Gasteiger partial charge in [-0.25, -0.2) is 23.5 Å². The van der Waals surface area contributed by atoms with Crippen LogP contribution in [0.5, 0.6) is 0 Å². The van der Waals surface area contributed by atoms with Crippen LogP contribution in [0.2, 0.25) is 0 Å². The maximum absolute atomic E-state index is 13.6. The Hall–Kier alpha value is -2.75. The van der Waals surface area contributed by atoms with Gasteiger partial charge in [0.2, 0.25) is 10.0 Å². The minimum absolute atomic E-state index is 0. The largest absolute Gasteiger partial charge is 0.354 e. The Labute approximate surface area is 200 Å². The number of hydrogen-bond acceptors (Lipinski definition) is 6. The van der Waals surface area contributed by atoms with Gasteiger partial charge in [0.15, 0.2) is 5.65 Å². The molecular weight excluding hydrogens is 462 g/mol. The summed E-state index contributed by atoms with van der Waals surface area (Å²) in [6.45, 7) is 4.72. The third-order valence-corrected chi connectivity index (χ3v) is 6.84. The molecule has 1 atom stereocenters. The molecule has 0 radical (unpaired) electrons. The van der Waals surface area contributed by atoms with E-state index in [1.807, 2.05) is 24.0 Å². The lowest BCUT2D eigenvalue weighted by Gasteiger charge is -2.35. The Bertz CT molecular complexity index is 1270. The van der Waals surface area contributed by atoms with E-state index < -0.39 is 10.0 Å². The number of aromatic nitrogens is 2. The number of nitrogens with two attached hydrogens (primary N) is 1. The van der Waals surface area contributed by atoms with E-state index in [-0.39, 0.29) is 29.3 Å². The number of carbonyl (C=O) groups is 1. The summed E-state index contributed by atoms with van der Waals surface area (Å²) < 4.78 is 23.2. The number of pyridine rings is 2. The fraction of sp³-hybridized carbons (Fsp3) is 0.348. The molecule has 1 saturated heterocycles. The van der Waals surface area contributed by atoms with Gasteiger partial charge in [0.25, 0.3) is 5.91 Å². The van der Waals surface area contributed by atoms with Crippen LogP contribution in [0.25, 0.3) is 11.0 Å². The Morgan fingerprint density at radius 3 is 2.58 bits per heavy atom. The van der Waals surface area contributed by atoms with E-state index in [9.17, 15) is 13.2 Å². The molecule has 0 spiro atoms. The fourth-order valence-corrected chi connectivity index (χ4v) is 4.70. The van der Waals surface area contributed by atoms with Crippen LogP contribution < -0.4 is 10.5 Å². The van der Waals surface area contributed by atoms with Crippen molar-refractivity contribution in [2.45, 2.75) is 50.5 Å². The lowest BCUT2D eigenvalue weighted by atomic mass is 9.98. The van der Waals surface area contributed by atoms with Crippen LogP contribution in [-0.2, 0) is 10.0 Å². The molecular formula is C23H28ClN5O3S. The first kappa shape index (κ1) is 24.9. The molecule has 0 bridgehead atoms. The van der Waals surface area contributed by atoms with Crippen LogP contribution in [0, 0.1) is 6.92 Å². The van der Waals surface area contributed by atoms with E-state index in [2.05, 4.69) is 22.2 Å². The van der Waals surface area contributed by atoms with E-state index >= 15 is 0 Å². The van der Waals surface area contributed by atoms with Crippen molar-refractivity contribution < 1.29 is 13.2 Å². The first-order chi connectivity index (χ1) is 15.3. The number of anilines is 2. The third-order valence-electron chi connectivity index (χ3n) is 5.91. The molecule has 8 nitrogen and oxygen atoms in total. The van der Waals surface area contributed by atoms with Gasteiger partial charge >= 0.3 is 0 Å². The normalized spacial score (nSPS) is 16.3. The summed E-state index contributed by atoms with van der Waals surface area (Å²) in [7, 11) is -3.79. The molecule has 4 rings (SSSR count). The van der Waals surface area contributed by atoms with Gasteiger partial charge in [0.05, 0.1) is 16.1 Å². The summed E-state index contributed by atoms with van der Waals surface area (Å²) in [5, 5.41) is 9.23. The van der Waals surface area contributed by atoms with E-state index in [1.54, 1.807) is 18.3 Å². The Morgan fingerprint density at radius 2 is 1.91 bits per heavy atom. The van der Waals surface area contributed by atoms with Crippen molar-refractivity contribution in [1.29, 1.82) is 0 Å². The number of amides is 1. The smallest absolute Gasteiger partial charge is 0.257 e. The van der Waals surface area contributed by atoms with E-state index in [0.717, 1.165) is 43.3 Å². The third kappa shape index (κ3) is 5.26. The SMILES string of the molecule is CCC1CCCCN1C(=O)c1cnc2nc(C)ccc2c1Nc1ccc(S(N)(=O)=O)cc1.Cl. The molecule has 0 aliphatic carbocycles. The van der Waals surface area contributed by atoms with Crippen LogP contribution in [0.15, 0.2) is 47.5 Å². The summed E-state index contributed by atoms with van der Waals surface area (Å²) in [5.74, 6) is -0.0600. The number of aryl methyl sites for hydroxylation is 1. The molecule has 10 heteroatoms. The number of primary sulfonamides is 1. The number of benzene rings is 1. The molecule has 3 aromatic rings. The van der Waals surface area contributed by atoms with Gasteiger partial charge in [-0.3, -0.25) is 4.79 Å². The van der Waals surface area contributed by atoms with Gasteiger partial charge in [-0.15, -0.1) is 12.4 Å². The zero-order chi connectivity index (χ0) is 22.9. The zero-order valence-corrected chi connectivity index (χ0v) is 20.2. The molecule has 1 aliphatic rings. The van der Waals surface area contributed by atoms with Crippen LogP contribution in [0.4, 0.5) is 11.4 Å². The second kappa shape index (κ2) is 10.0. The van der Waals surface area contributed by atoms with E-state index in [0.29, 0.717) is 22.6 Å². The van der Waals surface area contributed by atoms with Gasteiger partial charge in [0, 0.05) is 35.6 Å². The Balaban J connectivity index is 0.00000306. The summed E-state index contributed by atoms with van der Waals surface area (Å²) in [6.07, 6.45) is 5.61. The zero-order valence-electron chi connectivity index (χ0n) is 18.6. The maximum Gasteiger partial charge on any atom is 0.257 e. The number of rotatable bonds is 5. The second-order valence-electron chi connectivity index (χ2n) is 8.12. The van der Waals surface area contributed by atoms with Gasteiger partial charge in [0.1, 0.15) is 0 Å². The minimum Gasteiger partial charge on any atom is -0.354 e. The number of hydrogen-bond donors (Lipinski definition) is 2. The van der Waals surface area contributed by atoms with Crippen LogP contribution in [0.3, 0.4) is 0 Å². The van der Waals surface area contributed by atoms with Crippen LogP contribution in [-0.4, -0.2) is 41.8 Å². The van der Waals surface area contributed by atoms with Crippen molar-refractivity contribution in [2.75, 3.05) is 11.9 Å². The molecule has 1 aliphatic heterocycles. The van der Waals surface area contributed by atoms with Gasteiger partial charge < -0.3 is 10.2 Å². The number of piperidine rings is 1. The predicted molar refractivity (Wildman–Crippen MR) is 132 cm³/mol. The maximum atomic E-state index is 13.6. The number of nitrogens with one attached hydrogen (secondary N) is 1. The van der Waals surface area contributed by atoms with Crippen molar-refractivity contribution >= 4 is 50.7 Å². The van der Waals surface area contributed by atoms with E-state index in [1.165, 1.54) is 12.1 Å². The van der Waals surface area contributed by atoms with Gasteiger partial charge in [-0.2, -0.15) is 0 Å². The lowest BCUT2D eigenvalue weighted by molar-refractivity contribution is 0.0609. The Morgan fingerprint density at radius 1 is 1.18 bits per heavy atom. The van der Waals surface area contributed by atoms with E-state index in [4.69, 9.17) is 5.14 Å². The summed E-state index contributed by atoms with van der Waals surface area (Å²) in [6, 6.07) is 10.1. The quantitative estimate of drug-likeness (QED) is 0.555. The first-order valence-corrected chi connectivity index (χ1v) is 12.3. The van der Waals surface area contributed by atoms with Crippen LogP contribution >= 0.6 is 12.4 Å². The van der Waals surface area contributed by atoms with Crippen molar-refractivity contribution in [1.82, 2.24) is 14.9 Å². The van der Waals surface area contributed by atoms with Gasteiger partial charge in [-0.05, 0) is 69.0 Å². The number of carbonyl (C=O) groups excluding carboxylic acids is 1. The topological polar surface area (TPSA) is 118 Å². The number of likely N-dealkylation sites (tertiary alicyclic amines) is 1. The summed E-state index contributed by atoms with van der Waals surface area (Å²) in [4.78, 5) is 24.5. The monoisotopic (exact) mass is 489 g/mol. The number of nitrogens with zero attached hydrogens (tertiary/aromatic N) is 3. The highest BCUT2D eigenvalue weighted by Crippen LogP contribution is 2.32. The molecule has 33 heavy (non-hydrogen) atoms. The van der Waals surface area contributed by atoms with Crippen molar-refractivity contribution in [3.63, 3.8) is 0 Å². The molecule has 2 aromatic heterocycles. The standard InChI is InChI=1S/C23H27N5O3S.ClH/c1-3-17-6-4-5-13-28(17)23(29)20-14-25-22-19(12-7-15(2)26-22)21(20)27-16-8-10-18(11-9-16)32(24,30)31;/h7-12,14,17H,3-6,13H2,1-2H3,(H2,24,30,31)(H,25,26,27);1H. The van der Waals surface area contributed by atoms with Crippen molar-refractivity contribution in [3.05, 3.63) is 53.9 Å². The minimum atomic E-state index is -3.79. The molecule has 1 aromatic carbocycles. The average Bonchev–Trinajstić information content (AvgIpc) is 2.78. The molecule has 1 amide bonds.